The highest BCUT2D eigenvalue weighted by Crippen LogP contribution is 2.17. The van der Waals surface area contributed by atoms with E-state index in [2.05, 4.69) is 20.3 Å². The number of amides is 1. The number of carbonyl (C=O) groups is 1. The van der Waals surface area contributed by atoms with Crippen LogP contribution in [0.2, 0.25) is 0 Å². The van der Waals surface area contributed by atoms with Crippen LogP contribution >= 0.6 is 0 Å². The summed E-state index contributed by atoms with van der Waals surface area (Å²) in [4.78, 5) is 25.9. The molecule has 1 aliphatic heterocycles. The second-order valence-corrected chi connectivity index (χ2v) is 5.31. The van der Waals surface area contributed by atoms with Gasteiger partial charge in [-0.2, -0.15) is 0 Å². The molecular weight excluding hydrogens is 304 g/mol. The Kier molecular flexibility index (Phi) is 4.40. The summed E-state index contributed by atoms with van der Waals surface area (Å²) in [7, 11) is 0. The van der Waals surface area contributed by atoms with Crippen LogP contribution in [0, 0.1) is 11.6 Å². The van der Waals surface area contributed by atoms with Crippen molar-refractivity contribution in [3.8, 4) is 0 Å². The Labute approximate surface area is 131 Å². The zero-order chi connectivity index (χ0) is 16.2. The molecule has 1 saturated heterocycles. The van der Waals surface area contributed by atoms with Crippen LogP contribution in [-0.4, -0.2) is 40.0 Å². The number of nitrogens with one attached hydrogen (secondary N) is 1. The fraction of sp³-hybridized carbons (Fsp3) is 0.333. The fourth-order valence-electron chi connectivity index (χ4n) is 2.59. The molecule has 0 aliphatic carbocycles. The van der Waals surface area contributed by atoms with Gasteiger partial charge in [-0.3, -0.25) is 9.78 Å². The first kappa shape index (κ1) is 15.3. The van der Waals surface area contributed by atoms with Gasteiger partial charge in [-0.05, 0) is 12.8 Å². The largest absolute Gasteiger partial charge is 0.353 e. The minimum Gasteiger partial charge on any atom is -0.353 e. The van der Waals surface area contributed by atoms with E-state index >= 15 is 0 Å². The SMILES string of the molecule is O=C(N[C@H]1CCCN(c2cnccn2)C1)c1ncc(F)cc1F. The van der Waals surface area contributed by atoms with E-state index in [0.29, 0.717) is 12.6 Å². The number of carbonyl (C=O) groups excluding carboxylic acids is 1. The van der Waals surface area contributed by atoms with Gasteiger partial charge in [-0.1, -0.05) is 0 Å². The fourth-order valence-corrected chi connectivity index (χ4v) is 2.59. The summed E-state index contributed by atoms with van der Waals surface area (Å²) in [6, 6.07) is 0.485. The molecule has 23 heavy (non-hydrogen) atoms. The highest BCUT2D eigenvalue weighted by Gasteiger charge is 2.24. The summed E-state index contributed by atoms with van der Waals surface area (Å²) in [5.74, 6) is -1.69. The third kappa shape index (κ3) is 3.58. The zero-order valence-electron chi connectivity index (χ0n) is 12.2. The van der Waals surface area contributed by atoms with Crippen molar-refractivity contribution >= 4 is 11.7 Å². The van der Waals surface area contributed by atoms with Crippen LogP contribution in [0.3, 0.4) is 0 Å². The van der Waals surface area contributed by atoms with Crippen molar-refractivity contribution in [1.82, 2.24) is 20.3 Å². The molecule has 0 radical (unpaired) electrons. The Balaban J connectivity index is 1.66. The van der Waals surface area contributed by atoms with E-state index in [-0.39, 0.29) is 6.04 Å². The molecule has 3 heterocycles. The second-order valence-electron chi connectivity index (χ2n) is 5.31. The normalized spacial score (nSPS) is 17.8. The average molecular weight is 319 g/mol. The summed E-state index contributed by atoms with van der Waals surface area (Å²) in [5.41, 5.74) is -0.400. The van der Waals surface area contributed by atoms with E-state index in [9.17, 15) is 13.6 Å². The lowest BCUT2D eigenvalue weighted by molar-refractivity contribution is 0.0923. The van der Waals surface area contributed by atoms with E-state index in [1.54, 1.807) is 18.6 Å². The van der Waals surface area contributed by atoms with E-state index in [1.807, 2.05) is 4.90 Å². The van der Waals surface area contributed by atoms with Crippen molar-refractivity contribution in [2.24, 2.45) is 0 Å². The molecule has 0 spiro atoms. The Bertz CT molecular complexity index is 698. The summed E-state index contributed by atoms with van der Waals surface area (Å²) < 4.78 is 26.5. The topological polar surface area (TPSA) is 71.0 Å². The number of halogens is 2. The minimum atomic E-state index is -0.968. The lowest BCUT2D eigenvalue weighted by atomic mass is 10.1. The van der Waals surface area contributed by atoms with Gasteiger partial charge in [0.2, 0.25) is 0 Å². The lowest BCUT2D eigenvalue weighted by Gasteiger charge is -2.33. The molecule has 1 fully saturated rings. The van der Waals surface area contributed by atoms with Crippen LogP contribution in [0.4, 0.5) is 14.6 Å². The summed E-state index contributed by atoms with van der Waals surface area (Å²) in [5, 5.41) is 2.74. The van der Waals surface area contributed by atoms with Crippen molar-refractivity contribution in [2.75, 3.05) is 18.0 Å². The van der Waals surface area contributed by atoms with Crippen molar-refractivity contribution < 1.29 is 13.6 Å². The molecule has 2 aromatic rings. The van der Waals surface area contributed by atoms with Crippen molar-refractivity contribution in [3.63, 3.8) is 0 Å². The number of hydrogen-bond donors (Lipinski definition) is 1. The molecule has 120 valence electrons. The van der Waals surface area contributed by atoms with Crippen LogP contribution < -0.4 is 10.2 Å². The van der Waals surface area contributed by atoms with E-state index in [0.717, 1.165) is 31.4 Å². The van der Waals surface area contributed by atoms with Crippen LogP contribution in [0.1, 0.15) is 23.3 Å². The molecular formula is C15H15F2N5O. The number of nitrogens with zero attached hydrogens (tertiary/aromatic N) is 4. The predicted octanol–water partition coefficient (Wildman–Crippen LogP) is 1.55. The van der Waals surface area contributed by atoms with Gasteiger partial charge in [-0.25, -0.2) is 18.7 Å². The van der Waals surface area contributed by atoms with E-state index < -0.39 is 23.2 Å². The Hall–Kier alpha value is -2.64. The lowest BCUT2D eigenvalue weighted by Crippen LogP contribution is -2.48. The smallest absolute Gasteiger partial charge is 0.273 e. The maximum absolute atomic E-state index is 13.6. The zero-order valence-corrected chi connectivity index (χ0v) is 12.2. The first-order valence-electron chi connectivity index (χ1n) is 7.26. The monoisotopic (exact) mass is 319 g/mol. The Morgan fingerprint density at radius 3 is 2.87 bits per heavy atom. The Morgan fingerprint density at radius 2 is 2.13 bits per heavy atom. The predicted molar refractivity (Wildman–Crippen MR) is 78.9 cm³/mol. The van der Waals surface area contributed by atoms with Gasteiger partial charge in [0.1, 0.15) is 11.6 Å². The van der Waals surface area contributed by atoms with Crippen LogP contribution in [0.25, 0.3) is 0 Å². The molecule has 1 aliphatic rings. The number of anilines is 1. The third-order valence-electron chi connectivity index (χ3n) is 3.65. The first-order chi connectivity index (χ1) is 11.1. The average Bonchev–Trinajstić information content (AvgIpc) is 2.56. The summed E-state index contributed by atoms with van der Waals surface area (Å²) >= 11 is 0. The van der Waals surface area contributed by atoms with Crippen LogP contribution in [0.15, 0.2) is 30.9 Å². The number of hydrogen-bond acceptors (Lipinski definition) is 5. The number of pyridine rings is 1. The maximum Gasteiger partial charge on any atom is 0.273 e. The Morgan fingerprint density at radius 1 is 1.26 bits per heavy atom. The molecule has 1 amide bonds. The molecule has 1 atom stereocenters. The number of aromatic nitrogens is 3. The first-order valence-corrected chi connectivity index (χ1v) is 7.26. The molecule has 2 aromatic heterocycles. The molecule has 8 heteroatoms. The molecule has 3 rings (SSSR count). The minimum absolute atomic E-state index is 0.162. The molecule has 0 unspecified atom stereocenters. The number of rotatable bonds is 3. The molecule has 6 nitrogen and oxygen atoms in total. The standard InChI is InChI=1S/C15H15F2N5O/c16-10-6-12(17)14(20-7-10)15(23)21-11-2-1-5-22(9-11)13-8-18-3-4-19-13/h3-4,6-8,11H,1-2,5,9H2,(H,21,23)/t11-/m0/s1. The van der Waals surface area contributed by atoms with E-state index in [4.69, 9.17) is 0 Å². The molecule has 0 bridgehead atoms. The molecule has 0 aromatic carbocycles. The third-order valence-corrected chi connectivity index (χ3v) is 3.65. The maximum atomic E-state index is 13.6. The quantitative estimate of drug-likeness (QED) is 0.929. The van der Waals surface area contributed by atoms with Gasteiger partial charge in [0, 0.05) is 37.6 Å². The highest BCUT2D eigenvalue weighted by atomic mass is 19.1. The summed E-state index contributed by atoms with van der Waals surface area (Å²) in [6.45, 7) is 1.36. The summed E-state index contributed by atoms with van der Waals surface area (Å²) in [6.07, 6.45) is 7.31. The van der Waals surface area contributed by atoms with Crippen LogP contribution in [0.5, 0.6) is 0 Å². The van der Waals surface area contributed by atoms with Crippen LogP contribution in [-0.2, 0) is 0 Å². The van der Waals surface area contributed by atoms with Crippen molar-refractivity contribution in [1.29, 1.82) is 0 Å². The van der Waals surface area contributed by atoms with Gasteiger partial charge in [-0.15, -0.1) is 0 Å². The van der Waals surface area contributed by atoms with Gasteiger partial charge < -0.3 is 10.2 Å². The van der Waals surface area contributed by atoms with Gasteiger partial charge in [0.25, 0.3) is 5.91 Å². The van der Waals surface area contributed by atoms with Gasteiger partial charge >= 0.3 is 0 Å². The van der Waals surface area contributed by atoms with Gasteiger partial charge in [0.05, 0.1) is 12.4 Å². The molecule has 0 saturated carbocycles. The molecule has 1 N–H and O–H groups in total. The van der Waals surface area contributed by atoms with E-state index in [1.165, 1.54) is 0 Å². The van der Waals surface area contributed by atoms with Gasteiger partial charge in [0.15, 0.2) is 11.5 Å². The number of piperidine rings is 1. The highest BCUT2D eigenvalue weighted by molar-refractivity contribution is 5.92. The van der Waals surface area contributed by atoms with Crippen molar-refractivity contribution in [2.45, 2.75) is 18.9 Å². The van der Waals surface area contributed by atoms with Crippen molar-refractivity contribution in [3.05, 3.63) is 48.2 Å². The second kappa shape index (κ2) is 6.64.